The van der Waals surface area contributed by atoms with Crippen LogP contribution in [-0.4, -0.2) is 16.9 Å². The summed E-state index contributed by atoms with van der Waals surface area (Å²) in [6.07, 6.45) is 9.23. The summed E-state index contributed by atoms with van der Waals surface area (Å²) in [4.78, 5) is 10.0. The molecule has 4 rings (SSSR count). The van der Waals surface area contributed by atoms with E-state index < -0.39 is 0 Å². The van der Waals surface area contributed by atoms with Gasteiger partial charge in [-0.3, -0.25) is 4.79 Å². The van der Waals surface area contributed by atoms with E-state index in [0.29, 0.717) is 12.1 Å². The second-order valence-electron chi connectivity index (χ2n) is 8.15. The molecule has 2 fully saturated rings. The van der Waals surface area contributed by atoms with Crippen molar-refractivity contribution < 1.29 is 30.0 Å². The van der Waals surface area contributed by atoms with Gasteiger partial charge in [0.05, 0.1) is 5.76 Å². The van der Waals surface area contributed by atoms with Crippen LogP contribution in [0.15, 0.2) is 60.4 Å². The van der Waals surface area contributed by atoms with Crippen LogP contribution in [0.2, 0.25) is 0 Å². The van der Waals surface area contributed by atoms with E-state index in [1.165, 1.54) is 75.1 Å². The van der Waals surface area contributed by atoms with E-state index in [-0.39, 0.29) is 31.6 Å². The molecule has 0 spiro atoms. The monoisotopic (exact) mass is 582 g/mol. The van der Waals surface area contributed by atoms with Gasteiger partial charge in [-0.15, -0.1) is 17.6 Å². The Bertz CT molecular complexity index is 813. The molecular formula is C26H31IrNO2-2. The molecule has 0 bridgehead atoms. The number of rotatable bonds is 3. The predicted molar refractivity (Wildman–Crippen MR) is 119 cm³/mol. The molecule has 1 radical (unpaired) electrons. The first-order valence-corrected chi connectivity index (χ1v) is 10.7. The number of carbonyl (C=O) groups is 1. The molecule has 3 unspecified atom stereocenters. The van der Waals surface area contributed by atoms with Gasteiger partial charge < -0.3 is 10.4 Å². The number of aliphatic hydroxyl groups excluding tert-OH is 1. The molecule has 1 N–H and O–H groups in total. The zero-order valence-corrected chi connectivity index (χ0v) is 20.2. The maximum atomic E-state index is 10.0. The molecule has 1 aliphatic heterocycles. The van der Waals surface area contributed by atoms with E-state index in [4.69, 9.17) is 10.4 Å². The van der Waals surface area contributed by atoms with E-state index in [1.54, 1.807) is 0 Å². The molecule has 1 saturated heterocycles. The largest absolute Gasteiger partial charge is 0.654 e. The SMILES string of the molecule is CC(=O)/C=C(/C)O.[Ir].[c-]1cc(-c2ccccc2)ccc1C1CCC2CCCCC2[N-]1. The number of aliphatic hydroxyl groups is 1. The van der Waals surface area contributed by atoms with Gasteiger partial charge in [-0.25, -0.2) is 0 Å². The predicted octanol–water partition coefficient (Wildman–Crippen LogP) is 6.96. The first kappa shape index (κ1) is 24.5. The zero-order chi connectivity index (χ0) is 20.6. The molecule has 2 aliphatic rings. The fourth-order valence-electron chi connectivity index (χ4n) is 4.38. The number of carbonyl (C=O) groups excluding carboxylic acids is 1. The molecular weight excluding hydrogens is 551 g/mol. The Balaban J connectivity index is 0.000000350. The van der Waals surface area contributed by atoms with Crippen molar-refractivity contribution in [2.45, 2.75) is 64.5 Å². The summed E-state index contributed by atoms with van der Waals surface area (Å²) >= 11 is 0. The van der Waals surface area contributed by atoms with E-state index in [0.717, 1.165) is 5.92 Å². The summed E-state index contributed by atoms with van der Waals surface area (Å²) in [7, 11) is 0. The quantitative estimate of drug-likeness (QED) is 0.242. The number of fused-ring (bicyclic) bond motifs is 1. The normalized spacial score (nSPS) is 23.3. The van der Waals surface area contributed by atoms with Crippen LogP contribution in [0.4, 0.5) is 0 Å². The van der Waals surface area contributed by atoms with Crippen molar-refractivity contribution in [3.63, 3.8) is 0 Å². The summed E-state index contributed by atoms with van der Waals surface area (Å²) < 4.78 is 0. The number of ketones is 1. The molecule has 2 aromatic rings. The van der Waals surface area contributed by atoms with Crippen molar-refractivity contribution >= 4 is 5.78 Å². The summed E-state index contributed by atoms with van der Waals surface area (Å²) in [6, 6.07) is 21.6. The number of benzene rings is 2. The molecule has 1 saturated carbocycles. The summed E-state index contributed by atoms with van der Waals surface area (Å²) in [5.41, 5.74) is 3.79. The number of nitrogens with zero attached hydrogens (tertiary/aromatic N) is 1. The number of piperidine rings is 1. The van der Waals surface area contributed by atoms with Gasteiger partial charge in [0.25, 0.3) is 0 Å². The third kappa shape index (κ3) is 7.19. The Labute approximate surface area is 194 Å². The third-order valence-electron chi connectivity index (χ3n) is 5.77. The van der Waals surface area contributed by atoms with Crippen LogP contribution in [0, 0.1) is 12.0 Å². The minimum Gasteiger partial charge on any atom is -0.654 e. The fraction of sp³-hybridized carbons (Fsp3) is 0.423. The minimum absolute atomic E-state index is 0. The molecule has 3 atom stereocenters. The Morgan fingerprint density at radius 2 is 1.73 bits per heavy atom. The van der Waals surface area contributed by atoms with Crippen molar-refractivity contribution in [2.75, 3.05) is 0 Å². The van der Waals surface area contributed by atoms with E-state index in [1.807, 2.05) is 0 Å². The molecule has 30 heavy (non-hydrogen) atoms. The van der Waals surface area contributed by atoms with Gasteiger partial charge in [0.1, 0.15) is 0 Å². The summed E-state index contributed by atoms with van der Waals surface area (Å²) in [6.45, 7) is 2.85. The van der Waals surface area contributed by atoms with Crippen molar-refractivity contribution in [3.8, 4) is 11.1 Å². The summed E-state index contributed by atoms with van der Waals surface area (Å²) in [5, 5.41) is 13.5. The maximum absolute atomic E-state index is 10.0. The molecule has 1 aliphatic carbocycles. The number of hydrogen-bond donors (Lipinski definition) is 1. The van der Waals surface area contributed by atoms with Gasteiger partial charge in [-0.2, -0.15) is 29.8 Å². The van der Waals surface area contributed by atoms with Gasteiger partial charge in [-0.05, 0) is 13.8 Å². The van der Waals surface area contributed by atoms with Crippen LogP contribution in [0.3, 0.4) is 0 Å². The van der Waals surface area contributed by atoms with Gasteiger partial charge in [0.15, 0.2) is 5.78 Å². The van der Waals surface area contributed by atoms with Crippen molar-refractivity contribution in [2.24, 2.45) is 5.92 Å². The third-order valence-corrected chi connectivity index (χ3v) is 5.77. The van der Waals surface area contributed by atoms with Crippen LogP contribution < -0.4 is 0 Å². The van der Waals surface area contributed by atoms with Gasteiger partial charge in [0.2, 0.25) is 0 Å². The zero-order valence-electron chi connectivity index (χ0n) is 17.8. The maximum Gasteiger partial charge on any atom is 0.155 e. The van der Waals surface area contributed by atoms with Crippen molar-refractivity contribution in [1.82, 2.24) is 0 Å². The smallest absolute Gasteiger partial charge is 0.155 e. The van der Waals surface area contributed by atoms with Crippen molar-refractivity contribution in [1.29, 1.82) is 0 Å². The van der Waals surface area contributed by atoms with E-state index >= 15 is 0 Å². The Morgan fingerprint density at radius 1 is 1.00 bits per heavy atom. The molecule has 3 nitrogen and oxygen atoms in total. The van der Waals surface area contributed by atoms with E-state index in [2.05, 4.69) is 54.6 Å². The second-order valence-corrected chi connectivity index (χ2v) is 8.15. The average Bonchev–Trinajstić information content (AvgIpc) is 2.74. The molecule has 1 heterocycles. The second kappa shape index (κ2) is 12.2. The minimum atomic E-state index is -0.125. The first-order chi connectivity index (χ1) is 14.0. The molecule has 2 aromatic carbocycles. The van der Waals surface area contributed by atoms with Gasteiger partial charge >= 0.3 is 0 Å². The Hall–Kier alpha value is -1.74. The van der Waals surface area contributed by atoms with Crippen LogP contribution >= 0.6 is 0 Å². The van der Waals surface area contributed by atoms with Crippen LogP contribution in [-0.2, 0) is 24.9 Å². The first-order valence-electron chi connectivity index (χ1n) is 10.7. The van der Waals surface area contributed by atoms with Crippen LogP contribution in [0.5, 0.6) is 0 Å². The van der Waals surface area contributed by atoms with Crippen LogP contribution in [0.1, 0.15) is 64.0 Å². The van der Waals surface area contributed by atoms with Crippen molar-refractivity contribution in [3.05, 3.63) is 77.3 Å². The standard InChI is InChI=1S/C21H23N.C5H8O2.Ir/c1-2-6-16(7-3-1)17-10-12-19(13-11-17)21-15-14-18-8-4-5-9-20(18)22-21;1-4(6)3-5(2)7;/h1-3,6-7,10-12,18,20-21H,4-5,8-9,14-15H2;3,6H,1-2H3;/q-2;;/b;4-3-;. The fourth-order valence-corrected chi connectivity index (χ4v) is 4.38. The molecule has 0 amide bonds. The number of hydrogen-bond acceptors (Lipinski definition) is 2. The summed E-state index contributed by atoms with van der Waals surface area (Å²) in [5.74, 6) is 0.807. The van der Waals surface area contributed by atoms with Gasteiger partial charge in [0, 0.05) is 26.2 Å². The molecule has 4 heteroatoms. The van der Waals surface area contributed by atoms with Crippen LogP contribution in [0.25, 0.3) is 16.4 Å². The van der Waals surface area contributed by atoms with Gasteiger partial charge in [-0.1, -0.05) is 80.3 Å². The Kier molecular flexibility index (Phi) is 9.97. The number of allylic oxidation sites excluding steroid dienone is 2. The average molecular weight is 582 g/mol. The Morgan fingerprint density at radius 3 is 2.33 bits per heavy atom. The molecule has 0 aromatic heterocycles. The van der Waals surface area contributed by atoms with E-state index in [9.17, 15) is 4.79 Å². The topological polar surface area (TPSA) is 51.4 Å². The molecule has 163 valence electrons.